The molecule has 2 aromatic heterocycles. The van der Waals surface area contributed by atoms with Gasteiger partial charge in [-0.1, -0.05) is 35.9 Å². The third-order valence-corrected chi connectivity index (χ3v) is 6.58. The highest BCUT2D eigenvalue weighted by atomic mass is 35.5. The summed E-state index contributed by atoms with van der Waals surface area (Å²) in [4.78, 5) is 30.6. The monoisotopic (exact) mass is 530 g/mol. The number of benzene rings is 2. The maximum Gasteiger partial charge on any atom is 0.244 e. The van der Waals surface area contributed by atoms with Gasteiger partial charge in [0.15, 0.2) is 5.58 Å². The van der Waals surface area contributed by atoms with Gasteiger partial charge in [-0.25, -0.2) is 4.98 Å². The van der Waals surface area contributed by atoms with Crippen LogP contribution >= 0.6 is 11.6 Å². The molecule has 2 amide bonds. The van der Waals surface area contributed by atoms with Crippen molar-refractivity contribution in [2.75, 3.05) is 32.0 Å². The molecule has 2 aromatic carbocycles. The van der Waals surface area contributed by atoms with Crippen molar-refractivity contribution in [3.05, 3.63) is 88.8 Å². The van der Waals surface area contributed by atoms with Crippen molar-refractivity contribution in [3.8, 4) is 11.1 Å². The molecule has 5 rings (SSSR count). The number of halogens is 1. The Bertz CT molecular complexity index is 1470. The minimum Gasteiger partial charge on any atom is -0.458 e. The van der Waals surface area contributed by atoms with Gasteiger partial charge in [-0.2, -0.15) is 0 Å². The number of ether oxygens (including phenoxy) is 1. The number of fused-ring (bicyclic) bond motifs is 1. The van der Waals surface area contributed by atoms with Crippen molar-refractivity contribution >= 4 is 46.3 Å². The Morgan fingerprint density at radius 2 is 1.84 bits per heavy atom. The summed E-state index contributed by atoms with van der Waals surface area (Å²) in [5.74, 6) is 0.862. The molecule has 1 aliphatic heterocycles. The number of nitrogens with two attached hydrogens (primary N) is 1. The van der Waals surface area contributed by atoms with Crippen LogP contribution in [0, 0.1) is 0 Å². The largest absolute Gasteiger partial charge is 0.458 e. The highest BCUT2D eigenvalue weighted by Crippen LogP contribution is 2.33. The molecule has 1 fully saturated rings. The number of rotatable bonds is 7. The second-order valence-corrected chi connectivity index (χ2v) is 9.43. The summed E-state index contributed by atoms with van der Waals surface area (Å²) in [5, 5.41) is 4.13. The molecule has 8 nitrogen and oxygen atoms in total. The number of carbonyl (C=O) groups is 2. The molecule has 0 spiro atoms. The van der Waals surface area contributed by atoms with E-state index in [4.69, 9.17) is 26.5 Å². The quantitative estimate of drug-likeness (QED) is 0.341. The lowest BCUT2D eigenvalue weighted by atomic mass is 10.0. The molecule has 38 heavy (non-hydrogen) atoms. The van der Waals surface area contributed by atoms with Crippen LogP contribution in [0.3, 0.4) is 0 Å². The van der Waals surface area contributed by atoms with Crippen molar-refractivity contribution < 1.29 is 18.7 Å². The minimum absolute atomic E-state index is 0.112. The van der Waals surface area contributed by atoms with E-state index in [1.807, 2.05) is 47.4 Å². The van der Waals surface area contributed by atoms with E-state index in [1.165, 1.54) is 6.08 Å². The zero-order valence-electron chi connectivity index (χ0n) is 20.7. The Kier molecular flexibility index (Phi) is 7.72. The number of anilines is 1. The lowest BCUT2D eigenvalue weighted by Gasteiger charge is -2.26. The number of nitrogen functional groups attached to an aromatic ring is 1. The highest BCUT2D eigenvalue weighted by Gasteiger charge is 2.17. The van der Waals surface area contributed by atoms with E-state index in [1.54, 1.807) is 24.4 Å². The Hall–Kier alpha value is -4.14. The molecule has 1 saturated heterocycles. The first-order chi connectivity index (χ1) is 18.4. The molecule has 0 unspecified atom stereocenters. The Morgan fingerprint density at radius 3 is 2.58 bits per heavy atom. The van der Waals surface area contributed by atoms with E-state index >= 15 is 0 Å². The lowest BCUT2D eigenvalue weighted by molar-refractivity contribution is -0.134. The van der Waals surface area contributed by atoms with E-state index in [9.17, 15) is 9.59 Å². The normalized spacial score (nSPS) is 13.8. The first-order valence-electron chi connectivity index (χ1n) is 12.3. The zero-order valence-corrected chi connectivity index (χ0v) is 21.4. The SMILES string of the molecule is Nc1ccc(/C=C/C(=O)NCc2cc3cc(-c4ccc(CC(=O)N5CCOCC5)cc4)cc(Cl)c3o2)cn1. The molecule has 0 atom stereocenters. The molecule has 9 heteroatoms. The van der Waals surface area contributed by atoms with E-state index in [0.29, 0.717) is 54.9 Å². The molecule has 0 aliphatic carbocycles. The third-order valence-electron chi connectivity index (χ3n) is 6.30. The standard InChI is InChI=1S/C29H27ClN4O4/c30-25-16-22(21-5-1-19(2-6-21)13-28(36)34-9-11-37-12-10-34)14-23-15-24(38-29(23)25)18-33-27(35)8-4-20-3-7-26(31)32-17-20/h1-8,14-17H,9-13,18H2,(H2,31,32)(H,33,35)/b8-4+. The van der Waals surface area contributed by atoms with Crippen LogP contribution in [0.4, 0.5) is 5.82 Å². The van der Waals surface area contributed by atoms with E-state index in [0.717, 1.165) is 27.6 Å². The van der Waals surface area contributed by atoms with Crippen LogP contribution in [-0.2, 0) is 27.3 Å². The van der Waals surface area contributed by atoms with Crippen LogP contribution in [0.5, 0.6) is 0 Å². The molecule has 0 saturated carbocycles. The number of hydrogen-bond donors (Lipinski definition) is 2. The summed E-state index contributed by atoms with van der Waals surface area (Å²) >= 11 is 6.54. The Balaban J connectivity index is 1.23. The first kappa shape index (κ1) is 25.5. The number of furan rings is 1. The number of nitrogens with zero attached hydrogens (tertiary/aromatic N) is 2. The molecule has 4 aromatic rings. The van der Waals surface area contributed by atoms with E-state index < -0.39 is 0 Å². The lowest BCUT2D eigenvalue weighted by Crippen LogP contribution is -2.41. The number of amides is 2. The van der Waals surface area contributed by atoms with Gasteiger partial charge in [0, 0.05) is 30.7 Å². The summed E-state index contributed by atoms with van der Waals surface area (Å²) in [6, 6.07) is 17.1. The Labute approximate surface area is 225 Å². The van der Waals surface area contributed by atoms with Gasteiger partial charge < -0.3 is 25.1 Å². The predicted molar refractivity (Wildman–Crippen MR) is 147 cm³/mol. The van der Waals surface area contributed by atoms with Gasteiger partial charge in [0.2, 0.25) is 11.8 Å². The molecule has 1 aliphatic rings. The van der Waals surface area contributed by atoms with Gasteiger partial charge in [0.05, 0.1) is 31.2 Å². The number of hydrogen-bond acceptors (Lipinski definition) is 6. The fourth-order valence-corrected chi connectivity index (χ4v) is 4.52. The molecule has 3 N–H and O–H groups in total. The number of pyridine rings is 1. The highest BCUT2D eigenvalue weighted by molar-refractivity contribution is 6.35. The summed E-state index contributed by atoms with van der Waals surface area (Å²) in [7, 11) is 0. The summed E-state index contributed by atoms with van der Waals surface area (Å²) in [6.45, 7) is 2.69. The van der Waals surface area contributed by atoms with Gasteiger partial charge in [0.1, 0.15) is 11.6 Å². The third kappa shape index (κ3) is 6.22. The average molecular weight is 531 g/mol. The van der Waals surface area contributed by atoms with Crippen LogP contribution < -0.4 is 11.1 Å². The second kappa shape index (κ2) is 11.5. The van der Waals surface area contributed by atoms with Gasteiger partial charge >= 0.3 is 0 Å². The number of morpholine rings is 1. The first-order valence-corrected chi connectivity index (χ1v) is 12.7. The smallest absolute Gasteiger partial charge is 0.244 e. The molecular weight excluding hydrogens is 504 g/mol. The topological polar surface area (TPSA) is 111 Å². The fraction of sp³-hybridized carbons (Fsp3) is 0.207. The van der Waals surface area contributed by atoms with Crippen molar-refractivity contribution in [2.45, 2.75) is 13.0 Å². The second-order valence-electron chi connectivity index (χ2n) is 9.02. The molecule has 0 bridgehead atoms. The van der Waals surface area contributed by atoms with Gasteiger partial charge in [-0.15, -0.1) is 0 Å². The zero-order chi connectivity index (χ0) is 26.5. The van der Waals surface area contributed by atoms with Crippen molar-refractivity contribution in [2.24, 2.45) is 0 Å². The average Bonchev–Trinajstić information content (AvgIpc) is 3.36. The maximum atomic E-state index is 12.5. The fourth-order valence-electron chi connectivity index (χ4n) is 4.25. The predicted octanol–water partition coefficient (Wildman–Crippen LogP) is 4.46. The molecular formula is C29H27ClN4O4. The van der Waals surface area contributed by atoms with Crippen LogP contribution in [0.1, 0.15) is 16.9 Å². The van der Waals surface area contributed by atoms with Gasteiger partial charge in [-0.3, -0.25) is 9.59 Å². The van der Waals surface area contributed by atoms with Gasteiger partial charge in [-0.05, 0) is 58.7 Å². The summed E-state index contributed by atoms with van der Waals surface area (Å²) in [6.07, 6.45) is 5.05. The van der Waals surface area contributed by atoms with Crippen molar-refractivity contribution in [1.82, 2.24) is 15.2 Å². The van der Waals surface area contributed by atoms with Crippen molar-refractivity contribution in [3.63, 3.8) is 0 Å². The van der Waals surface area contributed by atoms with E-state index in [-0.39, 0.29) is 18.4 Å². The molecule has 194 valence electrons. The minimum atomic E-state index is -0.263. The molecule has 3 heterocycles. The number of nitrogens with one attached hydrogen (secondary N) is 1. The van der Waals surface area contributed by atoms with Crippen LogP contribution in [0.15, 0.2) is 71.3 Å². The van der Waals surface area contributed by atoms with Crippen molar-refractivity contribution in [1.29, 1.82) is 0 Å². The van der Waals surface area contributed by atoms with Crippen LogP contribution in [0.25, 0.3) is 28.2 Å². The van der Waals surface area contributed by atoms with Crippen LogP contribution in [-0.4, -0.2) is 48.0 Å². The summed E-state index contributed by atoms with van der Waals surface area (Å²) in [5.41, 5.74) is 9.79. The molecule has 0 radical (unpaired) electrons. The van der Waals surface area contributed by atoms with Gasteiger partial charge in [0.25, 0.3) is 0 Å². The maximum absolute atomic E-state index is 12.5. The number of carbonyl (C=O) groups excluding carboxylic acids is 2. The van der Waals surface area contributed by atoms with E-state index in [2.05, 4.69) is 10.3 Å². The number of aromatic nitrogens is 1. The Morgan fingerprint density at radius 1 is 1.05 bits per heavy atom. The van der Waals surface area contributed by atoms with Crippen LogP contribution in [0.2, 0.25) is 5.02 Å². The summed E-state index contributed by atoms with van der Waals surface area (Å²) < 4.78 is 11.2.